The number of benzene rings is 2. The zero-order valence-corrected chi connectivity index (χ0v) is 19.0. The average Bonchev–Trinajstić information content (AvgIpc) is 3.48. The van der Waals surface area contributed by atoms with Crippen LogP contribution in [0.3, 0.4) is 0 Å². The Bertz CT molecular complexity index is 1160. The molecule has 2 fully saturated rings. The van der Waals surface area contributed by atoms with Gasteiger partial charge in [0.15, 0.2) is 5.58 Å². The predicted molar refractivity (Wildman–Crippen MR) is 126 cm³/mol. The van der Waals surface area contributed by atoms with E-state index in [-0.39, 0.29) is 0 Å². The SMILES string of the molecule is Cc1c(-c2ccccc2)c(N2CC[C@H](N(C)C)C2)c2oc(N3CCOCC3)nc2c1C#N. The van der Waals surface area contributed by atoms with Gasteiger partial charge >= 0.3 is 0 Å². The van der Waals surface area contributed by atoms with Crippen LogP contribution in [0.15, 0.2) is 34.7 Å². The van der Waals surface area contributed by atoms with E-state index in [0.29, 0.717) is 41.9 Å². The van der Waals surface area contributed by atoms with E-state index in [4.69, 9.17) is 14.1 Å². The second-order valence-electron chi connectivity index (χ2n) is 8.83. The lowest BCUT2D eigenvalue weighted by Gasteiger charge is -2.26. The Kier molecular flexibility index (Phi) is 5.50. The lowest BCUT2D eigenvalue weighted by molar-refractivity contribution is 0.120. The first-order valence-corrected chi connectivity index (χ1v) is 11.2. The molecule has 7 heteroatoms. The quantitative estimate of drug-likeness (QED) is 0.624. The van der Waals surface area contributed by atoms with Crippen LogP contribution in [0.5, 0.6) is 0 Å². The number of hydrogen-bond donors (Lipinski definition) is 0. The molecule has 0 saturated carbocycles. The maximum Gasteiger partial charge on any atom is 0.298 e. The number of nitrogens with zero attached hydrogens (tertiary/aromatic N) is 5. The van der Waals surface area contributed by atoms with Crippen LogP contribution in [0.4, 0.5) is 11.7 Å². The van der Waals surface area contributed by atoms with Crippen LogP contribution in [-0.4, -0.2) is 69.4 Å². The summed E-state index contributed by atoms with van der Waals surface area (Å²) in [5.74, 6) is 0. The van der Waals surface area contributed by atoms with Crippen molar-refractivity contribution in [2.75, 3.05) is 63.3 Å². The van der Waals surface area contributed by atoms with Crippen molar-refractivity contribution < 1.29 is 9.15 Å². The largest absolute Gasteiger partial charge is 0.421 e. The monoisotopic (exact) mass is 431 g/mol. The van der Waals surface area contributed by atoms with E-state index < -0.39 is 0 Å². The topological polar surface area (TPSA) is 68.8 Å². The number of likely N-dealkylation sites (N-methyl/N-ethyl adjacent to an activating group) is 1. The first-order valence-electron chi connectivity index (χ1n) is 11.2. The van der Waals surface area contributed by atoms with E-state index in [2.05, 4.69) is 47.0 Å². The summed E-state index contributed by atoms with van der Waals surface area (Å²) >= 11 is 0. The van der Waals surface area contributed by atoms with Crippen molar-refractivity contribution in [3.8, 4) is 17.2 Å². The molecule has 32 heavy (non-hydrogen) atoms. The van der Waals surface area contributed by atoms with Gasteiger partial charge in [0, 0.05) is 37.8 Å². The Morgan fingerprint density at radius 1 is 1.09 bits per heavy atom. The van der Waals surface area contributed by atoms with Gasteiger partial charge < -0.3 is 23.9 Å². The molecular formula is C25H29N5O2. The molecule has 0 spiro atoms. The van der Waals surface area contributed by atoms with E-state index in [1.165, 1.54) is 0 Å². The normalized spacial score (nSPS) is 19.2. The van der Waals surface area contributed by atoms with Crippen LogP contribution in [0.2, 0.25) is 0 Å². The second kappa shape index (κ2) is 8.45. The van der Waals surface area contributed by atoms with Crippen LogP contribution in [0.1, 0.15) is 17.5 Å². The van der Waals surface area contributed by atoms with Crippen LogP contribution < -0.4 is 9.80 Å². The molecule has 7 nitrogen and oxygen atoms in total. The Morgan fingerprint density at radius 2 is 1.84 bits per heavy atom. The van der Waals surface area contributed by atoms with E-state index in [0.717, 1.165) is 55.0 Å². The zero-order chi connectivity index (χ0) is 22.2. The number of fused-ring (bicyclic) bond motifs is 1. The van der Waals surface area contributed by atoms with Gasteiger partial charge in [0.1, 0.15) is 11.6 Å². The fraction of sp³-hybridized carbons (Fsp3) is 0.440. The third-order valence-electron chi connectivity index (χ3n) is 6.72. The molecule has 0 aliphatic carbocycles. The fourth-order valence-corrected chi connectivity index (χ4v) is 4.89. The molecule has 2 aliphatic heterocycles. The molecular weight excluding hydrogens is 402 g/mol. The summed E-state index contributed by atoms with van der Waals surface area (Å²) in [7, 11) is 4.27. The van der Waals surface area contributed by atoms with Gasteiger partial charge in [0.05, 0.1) is 24.5 Å². The molecule has 2 saturated heterocycles. The fourth-order valence-electron chi connectivity index (χ4n) is 4.89. The number of ether oxygens (including phenoxy) is 1. The molecule has 1 aromatic heterocycles. The number of nitriles is 1. The minimum absolute atomic E-state index is 0.478. The standard InChI is InChI=1S/C25H29N5O2/c1-17-20(15-26)22-24(32-25(27-22)29-11-13-31-14-12-29)23(21(17)18-7-5-4-6-8-18)30-10-9-19(16-30)28(2)3/h4-8,19H,9-14,16H2,1-3H3/t19-/m0/s1. The lowest BCUT2D eigenvalue weighted by atomic mass is 9.93. The molecule has 3 aromatic rings. The summed E-state index contributed by atoms with van der Waals surface area (Å²) in [4.78, 5) is 11.6. The lowest BCUT2D eigenvalue weighted by Crippen LogP contribution is -2.36. The Labute approximate surface area is 188 Å². The first kappa shape index (κ1) is 20.8. The zero-order valence-electron chi connectivity index (χ0n) is 19.0. The van der Waals surface area contributed by atoms with Gasteiger partial charge in [-0.25, -0.2) is 0 Å². The molecule has 0 N–H and O–H groups in total. The van der Waals surface area contributed by atoms with Gasteiger partial charge in [-0.15, -0.1) is 0 Å². The Hall–Kier alpha value is -3.08. The molecule has 0 amide bonds. The summed E-state index contributed by atoms with van der Waals surface area (Å²) in [5, 5.41) is 10.1. The van der Waals surface area contributed by atoms with Crippen LogP contribution in [0, 0.1) is 18.3 Å². The molecule has 2 aliphatic rings. The van der Waals surface area contributed by atoms with Crippen LogP contribution in [-0.2, 0) is 4.74 Å². The summed E-state index contributed by atoms with van der Waals surface area (Å²) in [5.41, 5.74) is 6.14. The van der Waals surface area contributed by atoms with Crippen molar-refractivity contribution in [3.05, 3.63) is 41.5 Å². The van der Waals surface area contributed by atoms with E-state index >= 15 is 0 Å². The molecule has 3 heterocycles. The molecule has 2 aromatic carbocycles. The second-order valence-corrected chi connectivity index (χ2v) is 8.83. The number of hydrogen-bond acceptors (Lipinski definition) is 7. The van der Waals surface area contributed by atoms with Gasteiger partial charge in [0.25, 0.3) is 6.01 Å². The van der Waals surface area contributed by atoms with Crippen molar-refractivity contribution in [2.24, 2.45) is 0 Å². The van der Waals surface area contributed by atoms with Crippen LogP contribution >= 0.6 is 0 Å². The van der Waals surface area contributed by atoms with E-state index in [1.807, 2.05) is 25.1 Å². The van der Waals surface area contributed by atoms with Crippen molar-refractivity contribution in [3.63, 3.8) is 0 Å². The van der Waals surface area contributed by atoms with Gasteiger partial charge in [0.2, 0.25) is 0 Å². The number of oxazole rings is 1. The summed E-state index contributed by atoms with van der Waals surface area (Å²) in [6.07, 6.45) is 1.09. The smallest absolute Gasteiger partial charge is 0.298 e. The molecule has 166 valence electrons. The van der Waals surface area contributed by atoms with Gasteiger partial charge in [-0.1, -0.05) is 30.3 Å². The molecule has 0 bridgehead atoms. The molecule has 0 radical (unpaired) electrons. The highest BCUT2D eigenvalue weighted by molar-refractivity contribution is 6.03. The number of rotatable bonds is 4. The van der Waals surface area contributed by atoms with Crippen LogP contribution in [0.25, 0.3) is 22.2 Å². The summed E-state index contributed by atoms with van der Waals surface area (Å²) < 4.78 is 12.0. The van der Waals surface area contributed by atoms with E-state index in [1.54, 1.807) is 0 Å². The van der Waals surface area contributed by atoms with Gasteiger partial charge in [-0.3, -0.25) is 0 Å². The average molecular weight is 432 g/mol. The molecule has 0 unspecified atom stereocenters. The molecule has 5 rings (SSSR count). The predicted octanol–water partition coefficient (Wildman–Crippen LogP) is 3.65. The van der Waals surface area contributed by atoms with E-state index in [9.17, 15) is 5.26 Å². The van der Waals surface area contributed by atoms with Gasteiger partial charge in [-0.2, -0.15) is 10.2 Å². The maximum absolute atomic E-state index is 10.1. The summed E-state index contributed by atoms with van der Waals surface area (Å²) in [6.45, 7) is 6.68. The molecule has 1 atom stereocenters. The summed E-state index contributed by atoms with van der Waals surface area (Å²) in [6, 6.07) is 13.8. The van der Waals surface area contributed by atoms with Crippen molar-refractivity contribution in [2.45, 2.75) is 19.4 Å². The third-order valence-corrected chi connectivity index (χ3v) is 6.72. The highest BCUT2D eigenvalue weighted by Crippen LogP contribution is 2.45. The highest BCUT2D eigenvalue weighted by Gasteiger charge is 2.32. The minimum Gasteiger partial charge on any atom is -0.421 e. The van der Waals surface area contributed by atoms with Crippen molar-refractivity contribution >= 4 is 22.8 Å². The number of anilines is 2. The van der Waals surface area contributed by atoms with Crippen molar-refractivity contribution in [1.29, 1.82) is 5.26 Å². The third kappa shape index (κ3) is 3.50. The minimum atomic E-state index is 0.478. The number of morpholine rings is 1. The Balaban J connectivity index is 1.75. The van der Waals surface area contributed by atoms with Crippen molar-refractivity contribution in [1.82, 2.24) is 9.88 Å². The maximum atomic E-state index is 10.1. The first-order chi connectivity index (χ1) is 15.6. The number of aromatic nitrogens is 1. The van der Waals surface area contributed by atoms with Gasteiger partial charge in [-0.05, 0) is 38.6 Å². The highest BCUT2D eigenvalue weighted by atomic mass is 16.5. The Morgan fingerprint density at radius 3 is 2.50 bits per heavy atom.